The summed E-state index contributed by atoms with van der Waals surface area (Å²) in [7, 11) is 0. The fourth-order valence-electron chi connectivity index (χ4n) is 1.77. The number of carbonyl (C=O) groups is 1. The second-order valence-electron chi connectivity index (χ2n) is 5.53. The number of alkyl halides is 1. The Balaban J connectivity index is 2.73. The SMILES string of the molecule is C[C@H]1C(N=[N+]=[N-])CN(C(=O)OC(C)(C)C)C[C@@H]1F. The second-order valence-corrected chi connectivity index (χ2v) is 5.53. The van der Waals surface area contributed by atoms with Crippen LogP contribution >= 0.6 is 0 Å². The number of hydrogen-bond donors (Lipinski definition) is 0. The molecule has 0 saturated carbocycles. The smallest absolute Gasteiger partial charge is 0.410 e. The van der Waals surface area contributed by atoms with Crippen molar-refractivity contribution in [2.75, 3.05) is 13.1 Å². The van der Waals surface area contributed by atoms with Crippen molar-refractivity contribution in [2.45, 2.75) is 45.5 Å². The molecule has 0 aromatic heterocycles. The third-order valence-corrected chi connectivity index (χ3v) is 2.83. The van der Waals surface area contributed by atoms with Gasteiger partial charge in [-0.3, -0.25) is 0 Å². The van der Waals surface area contributed by atoms with Gasteiger partial charge in [0.2, 0.25) is 0 Å². The molecule has 1 rings (SSSR count). The Morgan fingerprint density at radius 3 is 2.61 bits per heavy atom. The van der Waals surface area contributed by atoms with Crippen LogP contribution in [0.5, 0.6) is 0 Å². The molecule has 7 heteroatoms. The zero-order chi connectivity index (χ0) is 13.9. The summed E-state index contributed by atoms with van der Waals surface area (Å²) in [4.78, 5) is 15.8. The lowest BCUT2D eigenvalue weighted by atomic mass is 9.93. The normalized spacial score (nSPS) is 28.5. The molecular weight excluding hydrogens is 239 g/mol. The third-order valence-electron chi connectivity index (χ3n) is 2.83. The van der Waals surface area contributed by atoms with Gasteiger partial charge in [-0.1, -0.05) is 12.0 Å². The van der Waals surface area contributed by atoms with Crippen LogP contribution < -0.4 is 0 Å². The average Bonchev–Trinajstić information content (AvgIpc) is 2.22. The third kappa shape index (κ3) is 3.77. The van der Waals surface area contributed by atoms with Crippen LogP contribution in [-0.2, 0) is 4.74 Å². The molecule has 0 radical (unpaired) electrons. The highest BCUT2D eigenvalue weighted by Gasteiger charge is 2.37. The number of ether oxygens (including phenoxy) is 1. The van der Waals surface area contributed by atoms with Crippen LogP contribution in [0.1, 0.15) is 27.7 Å². The van der Waals surface area contributed by atoms with E-state index in [1.807, 2.05) is 0 Å². The first-order valence-corrected chi connectivity index (χ1v) is 5.91. The molecule has 6 nitrogen and oxygen atoms in total. The minimum absolute atomic E-state index is 0.0203. The Kier molecular flexibility index (Phi) is 4.40. The van der Waals surface area contributed by atoms with Gasteiger partial charge in [0.15, 0.2) is 0 Å². The number of nitrogens with zero attached hydrogens (tertiary/aromatic N) is 4. The summed E-state index contributed by atoms with van der Waals surface area (Å²) in [6, 6.07) is -0.550. The molecule has 102 valence electrons. The van der Waals surface area contributed by atoms with Gasteiger partial charge in [-0.15, -0.1) is 0 Å². The first-order valence-electron chi connectivity index (χ1n) is 5.91. The summed E-state index contributed by atoms with van der Waals surface area (Å²) < 4.78 is 18.9. The van der Waals surface area contributed by atoms with Crippen LogP contribution in [0.2, 0.25) is 0 Å². The fourth-order valence-corrected chi connectivity index (χ4v) is 1.77. The summed E-state index contributed by atoms with van der Waals surface area (Å²) in [6.07, 6.45) is -1.78. The van der Waals surface area contributed by atoms with Crippen molar-refractivity contribution in [3.8, 4) is 0 Å². The molecule has 1 aliphatic heterocycles. The molecule has 0 aliphatic carbocycles. The molecule has 3 atom stereocenters. The lowest BCUT2D eigenvalue weighted by Gasteiger charge is -2.37. The van der Waals surface area contributed by atoms with E-state index in [0.717, 1.165) is 0 Å². The van der Waals surface area contributed by atoms with Crippen LogP contribution in [0.3, 0.4) is 0 Å². The van der Waals surface area contributed by atoms with E-state index in [1.54, 1.807) is 27.7 Å². The van der Waals surface area contributed by atoms with Crippen LogP contribution in [0.4, 0.5) is 9.18 Å². The van der Waals surface area contributed by atoms with Gasteiger partial charge >= 0.3 is 6.09 Å². The number of rotatable bonds is 1. The highest BCUT2D eigenvalue weighted by Crippen LogP contribution is 2.24. The van der Waals surface area contributed by atoms with E-state index in [-0.39, 0.29) is 19.0 Å². The topological polar surface area (TPSA) is 78.3 Å². The van der Waals surface area contributed by atoms with Gasteiger partial charge in [0.25, 0.3) is 0 Å². The minimum atomic E-state index is -1.21. The summed E-state index contributed by atoms with van der Waals surface area (Å²) in [6.45, 7) is 7.09. The summed E-state index contributed by atoms with van der Waals surface area (Å²) in [5, 5.41) is 3.54. The van der Waals surface area contributed by atoms with Crippen LogP contribution in [0.15, 0.2) is 5.11 Å². The fraction of sp³-hybridized carbons (Fsp3) is 0.909. The maximum atomic E-state index is 13.8. The molecule has 0 spiro atoms. The highest BCUT2D eigenvalue weighted by molar-refractivity contribution is 5.68. The Morgan fingerprint density at radius 1 is 1.50 bits per heavy atom. The molecule has 1 aliphatic rings. The van der Waals surface area contributed by atoms with Crippen molar-refractivity contribution >= 4 is 6.09 Å². The maximum absolute atomic E-state index is 13.8. The van der Waals surface area contributed by atoms with E-state index < -0.39 is 23.9 Å². The van der Waals surface area contributed by atoms with Crippen molar-refractivity contribution in [1.29, 1.82) is 0 Å². The molecule has 18 heavy (non-hydrogen) atoms. The van der Waals surface area contributed by atoms with Crippen molar-refractivity contribution in [1.82, 2.24) is 4.90 Å². The molecule has 0 bridgehead atoms. The van der Waals surface area contributed by atoms with Gasteiger partial charge in [0.1, 0.15) is 11.8 Å². The minimum Gasteiger partial charge on any atom is -0.444 e. The standard InChI is InChI=1S/C11H19FN4O2/c1-7-8(12)5-16(6-9(7)14-15-13)10(17)18-11(2,3)4/h7-9H,5-6H2,1-4H3/t7-,8+,9?/m1/s1. The Labute approximate surface area is 106 Å². The molecule has 1 heterocycles. The number of piperidine rings is 1. The van der Waals surface area contributed by atoms with Gasteiger partial charge in [0.05, 0.1) is 12.6 Å². The number of carbonyl (C=O) groups excluding carboxylic acids is 1. The monoisotopic (exact) mass is 258 g/mol. The first kappa shape index (κ1) is 14.6. The lowest BCUT2D eigenvalue weighted by molar-refractivity contribution is 0.00308. The number of likely N-dealkylation sites (tertiary alicyclic amines) is 1. The summed E-state index contributed by atoms with van der Waals surface area (Å²) in [5.74, 6) is -0.389. The Bertz CT molecular complexity index is 363. The summed E-state index contributed by atoms with van der Waals surface area (Å²) in [5.41, 5.74) is 7.81. The van der Waals surface area contributed by atoms with E-state index in [9.17, 15) is 9.18 Å². The molecular formula is C11H19FN4O2. The van der Waals surface area contributed by atoms with Gasteiger partial charge in [0, 0.05) is 11.5 Å². The number of halogens is 1. The van der Waals surface area contributed by atoms with Crippen molar-refractivity contribution in [3.63, 3.8) is 0 Å². The molecule has 0 aromatic carbocycles. The number of amides is 1. The molecule has 1 fully saturated rings. The highest BCUT2D eigenvalue weighted by atomic mass is 19.1. The van der Waals surface area contributed by atoms with Gasteiger partial charge < -0.3 is 9.64 Å². The van der Waals surface area contributed by atoms with Gasteiger partial charge in [-0.2, -0.15) is 0 Å². The van der Waals surface area contributed by atoms with Crippen molar-refractivity contribution in [2.24, 2.45) is 11.0 Å². The zero-order valence-electron chi connectivity index (χ0n) is 11.1. The predicted octanol–water partition coefficient (Wildman–Crippen LogP) is 2.89. The van der Waals surface area contributed by atoms with E-state index >= 15 is 0 Å². The molecule has 0 N–H and O–H groups in total. The first-order chi connectivity index (χ1) is 8.24. The number of hydrogen-bond acceptors (Lipinski definition) is 3. The molecule has 1 unspecified atom stereocenters. The summed E-state index contributed by atoms with van der Waals surface area (Å²) >= 11 is 0. The molecule has 0 aromatic rings. The van der Waals surface area contributed by atoms with Gasteiger partial charge in [-0.05, 0) is 32.2 Å². The zero-order valence-corrected chi connectivity index (χ0v) is 11.1. The van der Waals surface area contributed by atoms with E-state index in [0.29, 0.717) is 0 Å². The number of azide groups is 1. The van der Waals surface area contributed by atoms with Gasteiger partial charge in [-0.25, -0.2) is 9.18 Å². The second kappa shape index (κ2) is 5.44. The Morgan fingerprint density at radius 2 is 2.11 bits per heavy atom. The Hall–Kier alpha value is -1.49. The quantitative estimate of drug-likeness (QED) is 0.412. The molecule has 1 amide bonds. The van der Waals surface area contributed by atoms with E-state index in [1.165, 1.54) is 4.90 Å². The lowest BCUT2D eigenvalue weighted by Crippen LogP contribution is -2.52. The average molecular weight is 258 g/mol. The van der Waals surface area contributed by atoms with Crippen LogP contribution in [0, 0.1) is 5.92 Å². The van der Waals surface area contributed by atoms with E-state index in [4.69, 9.17) is 10.3 Å². The van der Waals surface area contributed by atoms with Crippen molar-refractivity contribution in [3.05, 3.63) is 10.4 Å². The largest absolute Gasteiger partial charge is 0.444 e. The van der Waals surface area contributed by atoms with Crippen molar-refractivity contribution < 1.29 is 13.9 Å². The van der Waals surface area contributed by atoms with Crippen LogP contribution in [-0.4, -0.2) is 41.9 Å². The predicted molar refractivity (Wildman–Crippen MR) is 64.8 cm³/mol. The molecule has 1 saturated heterocycles. The van der Waals surface area contributed by atoms with E-state index in [2.05, 4.69) is 10.0 Å². The maximum Gasteiger partial charge on any atom is 0.410 e. The van der Waals surface area contributed by atoms with Crippen LogP contribution in [0.25, 0.3) is 10.4 Å².